The van der Waals surface area contributed by atoms with Crippen LogP contribution in [0.4, 0.5) is 19.3 Å². The number of ether oxygens (including phenoxy) is 3. The van der Waals surface area contributed by atoms with Gasteiger partial charge >= 0.3 is 12.1 Å². The van der Waals surface area contributed by atoms with Gasteiger partial charge in [-0.2, -0.15) is 0 Å². The van der Waals surface area contributed by atoms with Crippen LogP contribution in [-0.2, 0) is 14.2 Å². The fraction of sp³-hybridized carbons (Fsp3) is 0.471. The third-order valence-corrected chi connectivity index (χ3v) is 3.54. The van der Waals surface area contributed by atoms with Gasteiger partial charge in [-0.25, -0.2) is 23.4 Å². The van der Waals surface area contributed by atoms with Gasteiger partial charge in [-0.1, -0.05) is 0 Å². The van der Waals surface area contributed by atoms with E-state index < -0.39 is 36.7 Å². The molecule has 27 heavy (non-hydrogen) atoms. The molecule has 1 aromatic heterocycles. The molecule has 1 aliphatic heterocycles. The predicted octanol–water partition coefficient (Wildman–Crippen LogP) is 2.65. The first-order valence-electron chi connectivity index (χ1n) is 8.01. The zero-order chi connectivity index (χ0) is 20.4. The third-order valence-electron chi connectivity index (χ3n) is 3.54. The van der Waals surface area contributed by atoms with Crippen LogP contribution in [0.5, 0.6) is 0 Å². The Bertz CT molecular complexity index is 761. The highest BCUT2D eigenvalue weighted by atomic mass is 19.3. The van der Waals surface area contributed by atoms with Crippen LogP contribution in [0.15, 0.2) is 18.5 Å². The smallest absolute Gasteiger partial charge is 0.415 e. The maximum Gasteiger partial charge on any atom is 0.415 e. The van der Waals surface area contributed by atoms with E-state index in [4.69, 9.17) is 15.2 Å². The maximum atomic E-state index is 13.5. The minimum Gasteiger partial charge on any atom is -0.497 e. The van der Waals surface area contributed by atoms with E-state index in [1.807, 2.05) is 0 Å². The Balaban J connectivity index is 2.53. The van der Waals surface area contributed by atoms with E-state index in [1.54, 1.807) is 20.8 Å². The molecule has 1 atom stereocenters. The Morgan fingerprint density at radius 3 is 2.63 bits per heavy atom. The zero-order valence-corrected chi connectivity index (χ0v) is 15.4. The van der Waals surface area contributed by atoms with Crippen molar-refractivity contribution in [1.82, 2.24) is 9.88 Å². The number of pyridine rings is 1. The van der Waals surface area contributed by atoms with Crippen molar-refractivity contribution in [1.29, 1.82) is 0 Å². The lowest BCUT2D eigenvalue weighted by Gasteiger charge is -2.37. The molecule has 0 bridgehead atoms. The van der Waals surface area contributed by atoms with Crippen LogP contribution in [0.1, 0.15) is 36.8 Å². The lowest BCUT2D eigenvalue weighted by atomic mass is 10.1. The molecule has 0 unspecified atom stereocenters. The fourth-order valence-electron chi connectivity index (χ4n) is 2.36. The second-order valence-corrected chi connectivity index (χ2v) is 6.74. The Labute approximate surface area is 154 Å². The van der Waals surface area contributed by atoms with Crippen molar-refractivity contribution in [2.45, 2.75) is 38.8 Å². The van der Waals surface area contributed by atoms with Crippen molar-refractivity contribution in [2.24, 2.45) is 0 Å². The number of methoxy groups -OCH3 is 1. The summed E-state index contributed by atoms with van der Waals surface area (Å²) in [4.78, 5) is 29.0. The van der Waals surface area contributed by atoms with Crippen molar-refractivity contribution < 1.29 is 32.6 Å². The summed E-state index contributed by atoms with van der Waals surface area (Å²) in [7, 11) is 1.17. The molecule has 2 heterocycles. The fourth-order valence-corrected chi connectivity index (χ4v) is 2.36. The molecule has 0 spiro atoms. The van der Waals surface area contributed by atoms with Crippen LogP contribution in [0.3, 0.4) is 0 Å². The van der Waals surface area contributed by atoms with Crippen molar-refractivity contribution in [3.05, 3.63) is 29.8 Å². The molecule has 0 aliphatic carbocycles. The number of nitrogens with two attached hydrogens (primary N) is 1. The quantitative estimate of drug-likeness (QED) is 0.798. The predicted molar refractivity (Wildman–Crippen MR) is 91.8 cm³/mol. The number of hydrogen-bond donors (Lipinski definition) is 1. The molecule has 8 nitrogen and oxygen atoms in total. The van der Waals surface area contributed by atoms with Crippen molar-refractivity contribution >= 4 is 23.4 Å². The number of esters is 1. The molecule has 0 saturated heterocycles. The summed E-state index contributed by atoms with van der Waals surface area (Å²) in [5.74, 6) is -0.747. The SMILES string of the molecule is COC(=O)c1cc(C2=COC[C@H](C(F)F)N2C(=O)OC(C)(C)C)c(N)cn1. The highest BCUT2D eigenvalue weighted by molar-refractivity contribution is 5.91. The molecule has 148 valence electrons. The second-order valence-electron chi connectivity index (χ2n) is 6.74. The summed E-state index contributed by atoms with van der Waals surface area (Å²) in [6.45, 7) is 4.42. The molecular formula is C17H21F2N3O5. The first-order chi connectivity index (χ1) is 12.5. The van der Waals surface area contributed by atoms with Crippen molar-refractivity contribution in [3.63, 3.8) is 0 Å². The van der Waals surface area contributed by atoms with E-state index >= 15 is 0 Å². The average Bonchev–Trinajstić information content (AvgIpc) is 2.59. The number of rotatable bonds is 3. The van der Waals surface area contributed by atoms with Crippen molar-refractivity contribution in [2.75, 3.05) is 19.5 Å². The summed E-state index contributed by atoms with van der Waals surface area (Å²) in [6, 6.07) is -0.351. The second kappa shape index (κ2) is 7.77. The van der Waals surface area contributed by atoms with Crippen molar-refractivity contribution in [3.8, 4) is 0 Å². The molecule has 1 amide bonds. The van der Waals surface area contributed by atoms with E-state index in [2.05, 4.69) is 9.72 Å². The molecule has 0 radical (unpaired) electrons. The molecule has 1 aliphatic rings. The zero-order valence-electron chi connectivity index (χ0n) is 15.4. The molecule has 0 saturated carbocycles. The molecule has 10 heteroatoms. The number of amides is 1. The molecule has 2 rings (SSSR count). The number of hydrogen-bond acceptors (Lipinski definition) is 7. The van der Waals surface area contributed by atoms with Gasteiger partial charge in [-0.05, 0) is 26.8 Å². The number of carbonyl (C=O) groups is 2. The van der Waals surface area contributed by atoms with Gasteiger partial charge in [0.1, 0.15) is 30.2 Å². The molecule has 0 fully saturated rings. The number of nitrogen functional groups attached to an aromatic ring is 1. The van der Waals surface area contributed by atoms with Crippen LogP contribution in [0.25, 0.3) is 5.70 Å². The molecular weight excluding hydrogens is 364 g/mol. The van der Waals surface area contributed by atoms with Crippen LogP contribution >= 0.6 is 0 Å². The van der Waals surface area contributed by atoms with Gasteiger partial charge < -0.3 is 19.9 Å². The summed E-state index contributed by atoms with van der Waals surface area (Å²) in [5, 5.41) is 0. The summed E-state index contributed by atoms with van der Waals surface area (Å²) in [6.07, 6.45) is -1.60. The van der Waals surface area contributed by atoms with E-state index in [1.165, 1.54) is 19.4 Å². The van der Waals surface area contributed by atoms with Gasteiger partial charge in [0.05, 0.1) is 24.7 Å². The van der Waals surface area contributed by atoms with E-state index in [9.17, 15) is 18.4 Å². The summed E-state index contributed by atoms with van der Waals surface area (Å²) >= 11 is 0. The molecule has 0 aromatic carbocycles. The van der Waals surface area contributed by atoms with E-state index in [0.717, 1.165) is 11.2 Å². The van der Waals surface area contributed by atoms with Crippen LogP contribution < -0.4 is 5.73 Å². The van der Waals surface area contributed by atoms with Gasteiger partial charge in [0.25, 0.3) is 6.43 Å². The number of nitrogens with zero attached hydrogens (tertiary/aromatic N) is 2. The van der Waals surface area contributed by atoms with Gasteiger partial charge in [0.2, 0.25) is 0 Å². The Hall–Kier alpha value is -2.91. The topological polar surface area (TPSA) is 104 Å². The number of halogens is 2. The summed E-state index contributed by atoms with van der Waals surface area (Å²) in [5.41, 5.74) is 4.99. The highest BCUT2D eigenvalue weighted by Crippen LogP contribution is 2.33. The van der Waals surface area contributed by atoms with E-state index in [0.29, 0.717) is 0 Å². The average molecular weight is 385 g/mol. The minimum absolute atomic E-state index is 0.0565. The van der Waals surface area contributed by atoms with Gasteiger partial charge in [-0.3, -0.25) is 4.90 Å². The monoisotopic (exact) mass is 385 g/mol. The minimum atomic E-state index is -2.90. The number of anilines is 1. The largest absolute Gasteiger partial charge is 0.497 e. The van der Waals surface area contributed by atoms with Gasteiger partial charge in [-0.15, -0.1) is 0 Å². The summed E-state index contributed by atoms with van der Waals surface area (Å²) < 4.78 is 42.1. The number of alkyl halides is 2. The van der Waals surface area contributed by atoms with E-state index in [-0.39, 0.29) is 22.6 Å². The van der Waals surface area contributed by atoms with Crippen LogP contribution in [-0.4, -0.2) is 53.7 Å². The third kappa shape index (κ3) is 4.63. The molecule has 2 N–H and O–H groups in total. The normalized spacial score (nSPS) is 17.2. The first kappa shape index (κ1) is 20.4. The number of aromatic nitrogens is 1. The lowest BCUT2D eigenvalue weighted by Crippen LogP contribution is -2.49. The Kier molecular flexibility index (Phi) is 5.87. The Morgan fingerprint density at radius 2 is 2.07 bits per heavy atom. The standard InChI is InChI=1S/C17H21F2N3O5/c1-17(2,3)27-16(24)22-12(7-26-8-13(22)14(18)19)9-5-11(15(23)25-4)21-6-10(9)20/h5-7,13-14H,8,20H2,1-4H3/t13-/m1/s1. The number of carbonyl (C=O) groups excluding carboxylic acids is 2. The van der Waals surface area contributed by atoms with Crippen LogP contribution in [0.2, 0.25) is 0 Å². The van der Waals surface area contributed by atoms with Gasteiger partial charge in [0.15, 0.2) is 0 Å². The van der Waals surface area contributed by atoms with Crippen LogP contribution in [0, 0.1) is 0 Å². The Morgan fingerprint density at radius 1 is 1.41 bits per heavy atom. The first-order valence-corrected chi connectivity index (χ1v) is 8.01. The highest BCUT2D eigenvalue weighted by Gasteiger charge is 2.40. The maximum absolute atomic E-state index is 13.5. The molecule has 1 aromatic rings. The lowest BCUT2D eigenvalue weighted by molar-refractivity contribution is -0.0206. The van der Waals surface area contributed by atoms with Gasteiger partial charge in [0, 0.05) is 5.56 Å².